The standard InChI is InChI=1S/C26H28ClF3N4O4.ClH/c27-17-7-8-18(19(11-17)16-2-1-9-37-13-16)23(26(28,29)30)38-22-12-21(33-25(32)34-22)15-5-3-14(4-6-15)10-20(31)24(35)36;/h2,5,7-8,11-12,14,20,23H,1,3-4,6,9-10,13,31H2,(H,35,36)(H2,32,33,34);1H/t14-,20?,23?;/m0./s1. The molecule has 0 fully saturated rings. The Morgan fingerprint density at radius 3 is 2.62 bits per heavy atom. The molecule has 0 bridgehead atoms. The highest BCUT2D eigenvalue weighted by Gasteiger charge is 2.45. The summed E-state index contributed by atoms with van der Waals surface area (Å²) in [6.45, 7) is 0.652. The van der Waals surface area contributed by atoms with Crippen molar-refractivity contribution in [2.24, 2.45) is 11.7 Å². The van der Waals surface area contributed by atoms with E-state index in [2.05, 4.69) is 9.97 Å². The first-order valence-electron chi connectivity index (χ1n) is 12.1. The average Bonchev–Trinajstić information content (AvgIpc) is 2.87. The summed E-state index contributed by atoms with van der Waals surface area (Å²) < 4.78 is 54.0. The third kappa shape index (κ3) is 7.84. The van der Waals surface area contributed by atoms with E-state index in [0.29, 0.717) is 55.5 Å². The lowest BCUT2D eigenvalue weighted by molar-refractivity contribution is -0.198. The lowest BCUT2D eigenvalue weighted by Crippen LogP contribution is -2.32. The maximum Gasteiger partial charge on any atom is 0.429 e. The number of carboxylic acid groups (broad SMARTS) is 1. The van der Waals surface area contributed by atoms with Gasteiger partial charge in [0.2, 0.25) is 17.9 Å². The summed E-state index contributed by atoms with van der Waals surface area (Å²) in [4.78, 5) is 19.1. The zero-order valence-corrected chi connectivity index (χ0v) is 22.4. The van der Waals surface area contributed by atoms with Crippen molar-refractivity contribution >= 4 is 47.1 Å². The molecular weight excluding hydrogens is 560 g/mol. The van der Waals surface area contributed by atoms with Crippen LogP contribution in [0.4, 0.5) is 19.1 Å². The Kier molecular flexibility index (Phi) is 10.2. The molecule has 5 N–H and O–H groups in total. The Hall–Kier alpha value is -2.86. The molecule has 3 atom stereocenters. The van der Waals surface area contributed by atoms with Crippen molar-refractivity contribution in [1.29, 1.82) is 0 Å². The van der Waals surface area contributed by atoms with E-state index < -0.39 is 24.3 Å². The number of ether oxygens (including phenoxy) is 2. The number of alkyl halides is 3. The first-order chi connectivity index (χ1) is 18.0. The number of halogens is 5. The van der Waals surface area contributed by atoms with E-state index in [1.807, 2.05) is 12.2 Å². The number of anilines is 1. The van der Waals surface area contributed by atoms with Crippen molar-refractivity contribution in [3.05, 3.63) is 58.3 Å². The second-order valence-electron chi connectivity index (χ2n) is 9.34. The fourth-order valence-corrected chi connectivity index (χ4v) is 4.84. The van der Waals surface area contributed by atoms with E-state index >= 15 is 0 Å². The lowest BCUT2D eigenvalue weighted by Gasteiger charge is -2.26. The number of benzene rings is 1. The van der Waals surface area contributed by atoms with Crippen LogP contribution in [0.3, 0.4) is 0 Å². The number of rotatable bonds is 8. The number of nitrogens with zero attached hydrogens (tertiary/aromatic N) is 2. The summed E-state index contributed by atoms with van der Waals surface area (Å²) in [7, 11) is 0. The van der Waals surface area contributed by atoms with Gasteiger partial charge >= 0.3 is 12.1 Å². The van der Waals surface area contributed by atoms with Gasteiger partial charge in [-0.1, -0.05) is 29.8 Å². The molecule has 2 heterocycles. The minimum atomic E-state index is -4.78. The van der Waals surface area contributed by atoms with Crippen molar-refractivity contribution in [3.63, 3.8) is 0 Å². The predicted octanol–water partition coefficient (Wildman–Crippen LogP) is 5.61. The number of carbonyl (C=O) groups is 1. The number of aromatic nitrogens is 2. The Bertz CT molecular complexity index is 1260. The minimum Gasteiger partial charge on any atom is -0.480 e. The van der Waals surface area contributed by atoms with Gasteiger partial charge in [-0.15, -0.1) is 12.4 Å². The second kappa shape index (κ2) is 13.0. The smallest absolute Gasteiger partial charge is 0.429 e. The molecule has 1 aliphatic carbocycles. The minimum absolute atomic E-state index is 0. The van der Waals surface area contributed by atoms with Gasteiger partial charge in [0.15, 0.2) is 0 Å². The molecule has 1 aromatic carbocycles. The summed E-state index contributed by atoms with van der Waals surface area (Å²) in [5, 5.41) is 9.33. The van der Waals surface area contributed by atoms with Gasteiger partial charge in [-0.2, -0.15) is 18.2 Å². The highest BCUT2D eigenvalue weighted by molar-refractivity contribution is 6.30. The lowest BCUT2D eigenvalue weighted by atomic mass is 9.84. The van der Waals surface area contributed by atoms with Gasteiger partial charge < -0.3 is 26.0 Å². The van der Waals surface area contributed by atoms with Crippen molar-refractivity contribution in [1.82, 2.24) is 9.97 Å². The fourth-order valence-electron chi connectivity index (χ4n) is 4.67. The van der Waals surface area contributed by atoms with Gasteiger partial charge in [0.1, 0.15) is 6.04 Å². The number of aliphatic carboxylic acids is 1. The van der Waals surface area contributed by atoms with E-state index in [-0.39, 0.29) is 47.3 Å². The van der Waals surface area contributed by atoms with Crippen molar-refractivity contribution in [2.45, 2.75) is 50.4 Å². The molecule has 2 aliphatic rings. The highest BCUT2D eigenvalue weighted by atomic mass is 35.5. The molecule has 4 rings (SSSR count). The zero-order chi connectivity index (χ0) is 27.4. The quantitative estimate of drug-likeness (QED) is 0.362. The number of allylic oxidation sites excluding steroid dienone is 2. The van der Waals surface area contributed by atoms with E-state index in [9.17, 15) is 18.0 Å². The molecule has 1 aliphatic heterocycles. The molecule has 39 heavy (non-hydrogen) atoms. The molecule has 2 aromatic rings. The first kappa shape index (κ1) is 30.7. The number of hydrogen-bond donors (Lipinski definition) is 3. The van der Waals surface area contributed by atoms with Crippen LogP contribution in [-0.2, 0) is 9.53 Å². The summed E-state index contributed by atoms with van der Waals surface area (Å²) in [5.41, 5.74) is 13.4. The zero-order valence-electron chi connectivity index (χ0n) is 20.8. The van der Waals surface area contributed by atoms with Crippen molar-refractivity contribution < 1.29 is 32.5 Å². The van der Waals surface area contributed by atoms with Gasteiger partial charge in [0.05, 0.1) is 18.9 Å². The molecule has 212 valence electrons. The molecule has 0 saturated carbocycles. The molecule has 13 heteroatoms. The highest BCUT2D eigenvalue weighted by Crippen LogP contribution is 2.41. The summed E-state index contributed by atoms with van der Waals surface area (Å²) >= 11 is 6.13. The first-order valence-corrected chi connectivity index (χ1v) is 12.5. The van der Waals surface area contributed by atoms with Crippen LogP contribution in [0.25, 0.3) is 11.1 Å². The van der Waals surface area contributed by atoms with Crippen molar-refractivity contribution in [2.75, 3.05) is 18.9 Å². The second-order valence-corrected chi connectivity index (χ2v) is 9.78. The third-order valence-corrected chi connectivity index (χ3v) is 6.80. The molecule has 1 aromatic heterocycles. The maximum absolute atomic E-state index is 14.4. The monoisotopic (exact) mass is 588 g/mol. The van der Waals surface area contributed by atoms with Gasteiger partial charge in [0.25, 0.3) is 0 Å². The topological polar surface area (TPSA) is 134 Å². The van der Waals surface area contributed by atoms with Crippen LogP contribution >= 0.6 is 24.0 Å². The van der Waals surface area contributed by atoms with Crippen LogP contribution in [-0.4, -0.2) is 46.5 Å². The summed E-state index contributed by atoms with van der Waals surface area (Å²) in [5.74, 6) is -1.52. The molecule has 0 saturated heterocycles. The molecule has 0 spiro atoms. The Morgan fingerprint density at radius 2 is 2.00 bits per heavy atom. The van der Waals surface area contributed by atoms with E-state index in [0.717, 1.165) is 5.57 Å². The number of nitrogens with two attached hydrogens (primary N) is 2. The molecule has 2 unspecified atom stereocenters. The van der Waals surface area contributed by atoms with Gasteiger partial charge in [-0.3, -0.25) is 4.79 Å². The van der Waals surface area contributed by atoms with Crippen molar-refractivity contribution in [3.8, 4) is 5.88 Å². The van der Waals surface area contributed by atoms with Crippen LogP contribution in [0.1, 0.15) is 55.0 Å². The van der Waals surface area contributed by atoms with Crippen LogP contribution in [0, 0.1) is 5.92 Å². The van der Waals surface area contributed by atoms with Crippen LogP contribution in [0.15, 0.2) is 36.4 Å². The average molecular weight is 589 g/mol. The molecule has 8 nitrogen and oxygen atoms in total. The predicted molar refractivity (Wildman–Crippen MR) is 144 cm³/mol. The van der Waals surface area contributed by atoms with Crippen LogP contribution in [0.2, 0.25) is 5.02 Å². The number of nitrogen functional groups attached to an aromatic ring is 1. The van der Waals surface area contributed by atoms with Gasteiger partial charge in [0, 0.05) is 16.7 Å². The van der Waals surface area contributed by atoms with E-state index in [1.165, 1.54) is 24.3 Å². The Labute approximate surface area is 234 Å². The third-order valence-electron chi connectivity index (χ3n) is 6.56. The van der Waals surface area contributed by atoms with Crippen LogP contribution in [0.5, 0.6) is 5.88 Å². The maximum atomic E-state index is 14.4. The fraction of sp³-hybridized carbons (Fsp3) is 0.423. The summed E-state index contributed by atoms with van der Waals surface area (Å²) in [6, 6.07) is 4.54. The summed E-state index contributed by atoms with van der Waals surface area (Å²) in [6.07, 6.45) is -0.760. The van der Waals surface area contributed by atoms with Gasteiger partial charge in [-0.05, 0) is 66.9 Å². The Morgan fingerprint density at radius 1 is 1.23 bits per heavy atom. The molecular formula is C26H29Cl2F3N4O4. The largest absolute Gasteiger partial charge is 0.480 e. The van der Waals surface area contributed by atoms with Gasteiger partial charge in [-0.25, -0.2) is 4.98 Å². The van der Waals surface area contributed by atoms with E-state index in [1.54, 1.807) is 0 Å². The molecule has 0 radical (unpaired) electrons. The SMILES string of the molecule is Cl.Nc1nc(OC(c2ccc(Cl)cc2C2=CCCOC2)C(F)(F)F)cc(C2=CC[C@H](CC(N)C(=O)O)CC2)n1. The normalized spacial score (nSPS) is 19.3. The number of hydrogen-bond acceptors (Lipinski definition) is 7. The Balaban J connectivity index is 0.00000420. The number of carboxylic acids is 1. The van der Waals surface area contributed by atoms with Crippen LogP contribution < -0.4 is 16.2 Å². The van der Waals surface area contributed by atoms with E-state index in [4.69, 9.17) is 37.6 Å². The molecule has 0 amide bonds.